The van der Waals surface area contributed by atoms with Crippen molar-refractivity contribution in [2.45, 2.75) is 26.3 Å². The van der Waals surface area contributed by atoms with Gasteiger partial charge in [0.15, 0.2) is 0 Å². The molecule has 0 saturated heterocycles. The zero-order chi connectivity index (χ0) is 10.1. The van der Waals surface area contributed by atoms with Gasteiger partial charge in [-0.3, -0.25) is 10.2 Å². The molecule has 3 N–H and O–H groups in total. The van der Waals surface area contributed by atoms with Gasteiger partial charge in [-0.1, -0.05) is 0 Å². The van der Waals surface area contributed by atoms with Gasteiger partial charge >= 0.3 is 0 Å². The molecule has 0 radical (unpaired) electrons. The number of carbonyl (C=O) groups excluding carboxylic acids is 1. The van der Waals surface area contributed by atoms with Crippen LogP contribution in [0.25, 0.3) is 0 Å². The van der Waals surface area contributed by atoms with E-state index in [9.17, 15) is 4.79 Å². The third-order valence-electron chi connectivity index (χ3n) is 1.86. The van der Waals surface area contributed by atoms with E-state index in [0.717, 1.165) is 0 Å². The third kappa shape index (κ3) is 2.09. The smallest absolute Gasteiger partial charge is 0.266 e. The van der Waals surface area contributed by atoms with Gasteiger partial charge in [-0.2, -0.15) is 0 Å². The fourth-order valence-corrected chi connectivity index (χ4v) is 1.03. The van der Waals surface area contributed by atoms with Crippen LogP contribution < -0.4 is 11.3 Å². The first-order valence-electron chi connectivity index (χ1n) is 4.14. The van der Waals surface area contributed by atoms with E-state index in [-0.39, 0.29) is 11.4 Å². The highest BCUT2D eigenvalue weighted by molar-refractivity contribution is 5.93. The van der Waals surface area contributed by atoms with E-state index >= 15 is 0 Å². The number of amides is 1. The van der Waals surface area contributed by atoms with Gasteiger partial charge in [-0.25, -0.2) is 5.84 Å². The zero-order valence-corrected chi connectivity index (χ0v) is 8.16. The maximum absolute atomic E-state index is 11.1. The lowest BCUT2D eigenvalue weighted by Crippen LogP contribution is -2.29. The van der Waals surface area contributed by atoms with Crippen LogP contribution in [0.1, 0.15) is 31.1 Å². The molecule has 13 heavy (non-hydrogen) atoms. The fourth-order valence-electron chi connectivity index (χ4n) is 1.03. The Morgan fingerprint density at radius 1 is 1.54 bits per heavy atom. The number of nitrogen functional groups attached to an aromatic ring is 1. The van der Waals surface area contributed by atoms with Crippen molar-refractivity contribution in [3.63, 3.8) is 0 Å². The highest BCUT2D eigenvalue weighted by atomic mass is 16.2. The molecule has 0 aliphatic heterocycles. The lowest BCUT2D eigenvalue weighted by atomic mass is 10.1. The molecule has 0 fully saturated rings. The number of hydrogen-bond donors (Lipinski definition) is 2. The number of aromatic nitrogens is 1. The number of hydrogen-bond acceptors (Lipinski definition) is 2. The Bertz CT molecular complexity index is 309. The Morgan fingerprint density at radius 2 is 2.15 bits per heavy atom. The summed E-state index contributed by atoms with van der Waals surface area (Å²) in [6.45, 7) is 6.20. The molecule has 1 aromatic rings. The summed E-state index contributed by atoms with van der Waals surface area (Å²) >= 11 is 0. The SMILES string of the molecule is CC(C)(C)n1ccc(C(=O)NN)c1. The van der Waals surface area contributed by atoms with Gasteiger partial charge in [-0.05, 0) is 26.8 Å². The summed E-state index contributed by atoms with van der Waals surface area (Å²) in [7, 11) is 0. The van der Waals surface area contributed by atoms with Crippen LogP contribution in [0.15, 0.2) is 18.5 Å². The number of nitrogens with one attached hydrogen (secondary N) is 1. The van der Waals surface area contributed by atoms with Crippen LogP contribution in [0.3, 0.4) is 0 Å². The number of hydrazine groups is 1. The van der Waals surface area contributed by atoms with Gasteiger partial charge in [0.1, 0.15) is 0 Å². The van der Waals surface area contributed by atoms with Crippen LogP contribution in [0.5, 0.6) is 0 Å². The van der Waals surface area contributed by atoms with Crippen molar-refractivity contribution in [3.8, 4) is 0 Å². The standard InChI is InChI=1S/C9H15N3O/c1-9(2,3)12-5-4-7(6-12)8(13)11-10/h4-6H,10H2,1-3H3,(H,11,13). The van der Waals surface area contributed by atoms with Crippen molar-refractivity contribution in [3.05, 3.63) is 24.0 Å². The Morgan fingerprint density at radius 3 is 2.54 bits per heavy atom. The molecule has 0 saturated carbocycles. The predicted molar refractivity (Wildman–Crippen MR) is 51.1 cm³/mol. The molecule has 1 amide bonds. The molecule has 0 aliphatic carbocycles. The van der Waals surface area contributed by atoms with Crippen LogP contribution in [0.2, 0.25) is 0 Å². The van der Waals surface area contributed by atoms with Gasteiger partial charge in [0.25, 0.3) is 5.91 Å². The van der Waals surface area contributed by atoms with Crippen molar-refractivity contribution < 1.29 is 4.79 Å². The zero-order valence-electron chi connectivity index (χ0n) is 8.16. The third-order valence-corrected chi connectivity index (χ3v) is 1.86. The normalized spacial score (nSPS) is 11.4. The molecule has 0 bridgehead atoms. The lowest BCUT2D eigenvalue weighted by molar-refractivity contribution is 0.0953. The minimum atomic E-state index is -0.261. The topological polar surface area (TPSA) is 60.0 Å². The van der Waals surface area contributed by atoms with Gasteiger partial charge in [0.2, 0.25) is 0 Å². The van der Waals surface area contributed by atoms with Crippen LogP contribution >= 0.6 is 0 Å². The van der Waals surface area contributed by atoms with Crippen LogP contribution in [-0.4, -0.2) is 10.5 Å². The average Bonchev–Trinajstić information content (AvgIpc) is 2.50. The molecule has 1 heterocycles. The highest BCUT2D eigenvalue weighted by Gasteiger charge is 2.14. The monoisotopic (exact) mass is 181 g/mol. The van der Waals surface area contributed by atoms with Gasteiger partial charge in [0.05, 0.1) is 5.56 Å². The summed E-state index contributed by atoms with van der Waals surface area (Å²) in [5.74, 6) is 4.75. The van der Waals surface area contributed by atoms with Crippen molar-refractivity contribution in [2.24, 2.45) is 5.84 Å². The molecule has 0 aromatic carbocycles. The van der Waals surface area contributed by atoms with Crippen LogP contribution in [0, 0.1) is 0 Å². The lowest BCUT2D eigenvalue weighted by Gasteiger charge is -2.20. The second kappa shape index (κ2) is 3.22. The number of nitrogens with two attached hydrogens (primary N) is 1. The Kier molecular flexibility index (Phi) is 2.43. The molecule has 4 heteroatoms. The van der Waals surface area contributed by atoms with Crippen molar-refractivity contribution in [2.75, 3.05) is 0 Å². The van der Waals surface area contributed by atoms with Gasteiger partial charge in [0, 0.05) is 17.9 Å². The molecule has 1 aromatic heterocycles. The van der Waals surface area contributed by atoms with E-state index in [2.05, 4.69) is 26.2 Å². The summed E-state index contributed by atoms with van der Waals surface area (Å²) in [6, 6.07) is 1.74. The van der Waals surface area contributed by atoms with Gasteiger partial charge in [-0.15, -0.1) is 0 Å². The summed E-state index contributed by atoms with van der Waals surface area (Å²) in [5, 5.41) is 0. The van der Waals surface area contributed by atoms with E-state index in [0.29, 0.717) is 5.56 Å². The minimum Gasteiger partial charge on any atom is -0.348 e. The largest absolute Gasteiger partial charge is 0.348 e. The highest BCUT2D eigenvalue weighted by Crippen LogP contribution is 2.15. The molecule has 0 atom stereocenters. The first kappa shape index (κ1) is 9.80. The summed E-state index contributed by atoms with van der Waals surface area (Å²) in [4.78, 5) is 11.1. The van der Waals surface area contributed by atoms with E-state index < -0.39 is 0 Å². The van der Waals surface area contributed by atoms with Crippen molar-refractivity contribution in [1.82, 2.24) is 9.99 Å². The second-order valence-electron chi connectivity index (χ2n) is 3.95. The Balaban J connectivity index is 2.93. The molecule has 0 unspecified atom stereocenters. The maximum atomic E-state index is 11.1. The van der Waals surface area contributed by atoms with Crippen LogP contribution in [0.4, 0.5) is 0 Å². The molecule has 0 aliphatic rings. The molecule has 4 nitrogen and oxygen atoms in total. The second-order valence-corrected chi connectivity index (χ2v) is 3.95. The quantitative estimate of drug-likeness (QED) is 0.383. The van der Waals surface area contributed by atoms with Gasteiger partial charge < -0.3 is 4.57 Å². The van der Waals surface area contributed by atoms with E-state index in [1.807, 2.05) is 10.8 Å². The maximum Gasteiger partial charge on any atom is 0.266 e. The Hall–Kier alpha value is -1.29. The molecular weight excluding hydrogens is 166 g/mol. The molecule has 72 valence electrons. The van der Waals surface area contributed by atoms with E-state index in [1.165, 1.54) is 0 Å². The van der Waals surface area contributed by atoms with Crippen molar-refractivity contribution >= 4 is 5.91 Å². The van der Waals surface area contributed by atoms with E-state index in [1.54, 1.807) is 12.3 Å². The number of nitrogens with zero attached hydrogens (tertiary/aromatic N) is 1. The number of carbonyl (C=O) groups is 1. The first-order chi connectivity index (χ1) is 5.95. The summed E-state index contributed by atoms with van der Waals surface area (Å²) in [5.41, 5.74) is 2.67. The number of rotatable bonds is 1. The molecular formula is C9H15N3O. The average molecular weight is 181 g/mol. The molecule has 1 rings (SSSR count). The minimum absolute atomic E-state index is 0.00682. The predicted octanol–water partition coefficient (Wildman–Crippen LogP) is 0.847. The summed E-state index contributed by atoms with van der Waals surface area (Å²) in [6.07, 6.45) is 3.65. The van der Waals surface area contributed by atoms with Crippen LogP contribution in [-0.2, 0) is 5.54 Å². The molecule has 0 spiro atoms. The fraction of sp³-hybridized carbons (Fsp3) is 0.444. The Labute approximate surface area is 77.7 Å². The first-order valence-corrected chi connectivity index (χ1v) is 4.14. The van der Waals surface area contributed by atoms with Crippen molar-refractivity contribution in [1.29, 1.82) is 0 Å². The van der Waals surface area contributed by atoms with E-state index in [4.69, 9.17) is 5.84 Å². The summed E-state index contributed by atoms with van der Waals surface area (Å²) < 4.78 is 1.97.